The van der Waals surface area contributed by atoms with Crippen LogP contribution in [-0.4, -0.2) is 58.2 Å². The predicted molar refractivity (Wildman–Crippen MR) is 88.5 cm³/mol. The second-order valence-electron chi connectivity index (χ2n) is 6.70. The third-order valence-electron chi connectivity index (χ3n) is 5.25. The fraction of sp³-hybridized carbons (Fsp3) is 0.611. The molecule has 1 aromatic carbocycles. The van der Waals surface area contributed by atoms with E-state index in [9.17, 15) is 15.0 Å². The molecule has 2 aliphatic rings. The second kappa shape index (κ2) is 7.32. The highest BCUT2D eigenvalue weighted by Gasteiger charge is 2.32. The van der Waals surface area contributed by atoms with Crippen LogP contribution in [0.4, 0.5) is 0 Å². The molecule has 3 rings (SSSR count). The molecule has 0 bridgehead atoms. The first-order valence-corrected chi connectivity index (χ1v) is 8.65. The van der Waals surface area contributed by atoms with Crippen LogP contribution in [-0.2, 0) is 4.79 Å². The lowest BCUT2D eigenvalue weighted by Crippen LogP contribution is -2.52. The third kappa shape index (κ3) is 3.85. The van der Waals surface area contributed by atoms with Crippen LogP contribution in [0.15, 0.2) is 24.3 Å². The molecule has 1 unspecified atom stereocenters. The molecule has 5 nitrogen and oxygen atoms in total. The number of aliphatic carboxylic acids is 1. The number of carboxylic acids is 1. The average Bonchev–Trinajstić information content (AvgIpc) is 2.58. The molecule has 1 aliphatic heterocycles. The van der Waals surface area contributed by atoms with Crippen molar-refractivity contribution in [1.29, 1.82) is 0 Å². The van der Waals surface area contributed by atoms with Gasteiger partial charge in [-0.1, -0.05) is 31.4 Å². The van der Waals surface area contributed by atoms with Crippen molar-refractivity contribution in [1.82, 2.24) is 9.80 Å². The van der Waals surface area contributed by atoms with E-state index in [1.54, 1.807) is 24.3 Å². The Morgan fingerprint density at radius 3 is 2.17 bits per heavy atom. The Labute approximate surface area is 137 Å². The molecular formula is C18H26N2O3. The highest BCUT2D eigenvalue weighted by atomic mass is 16.4. The van der Waals surface area contributed by atoms with Crippen molar-refractivity contribution in [3.05, 3.63) is 29.8 Å². The lowest BCUT2D eigenvalue weighted by molar-refractivity contribution is -0.144. The summed E-state index contributed by atoms with van der Waals surface area (Å²) in [5, 5.41) is 19.0. The zero-order chi connectivity index (χ0) is 16.2. The molecule has 126 valence electrons. The van der Waals surface area contributed by atoms with Gasteiger partial charge in [-0.2, -0.15) is 0 Å². The van der Waals surface area contributed by atoms with Crippen molar-refractivity contribution in [2.75, 3.05) is 26.2 Å². The van der Waals surface area contributed by atoms with Crippen molar-refractivity contribution in [2.45, 2.75) is 44.2 Å². The number of phenols is 1. The van der Waals surface area contributed by atoms with Crippen LogP contribution in [0.5, 0.6) is 5.75 Å². The Bertz CT molecular complexity index is 518. The SMILES string of the molecule is O=C(O)C(c1ccc(O)cc1)N1CCN(C2CCCCC2)CC1. The van der Waals surface area contributed by atoms with E-state index in [0.29, 0.717) is 6.04 Å². The van der Waals surface area contributed by atoms with Gasteiger partial charge in [0.05, 0.1) is 0 Å². The molecule has 1 heterocycles. The van der Waals surface area contributed by atoms with E-state index in [0.717, 1.165) is 31.7 Å². The summed E-state index contributed by atoms with van der Waals surface area (Å²) in [4.78, 5) is 16.3. The molecule has 0 amide bonds. The minimum Gasteiger partial charge on any atom is -0.508 e. The maximum absolute atomic E-state index is 11.7. The maximum atomic E-state index is 11.7. The Morgan fingerprint density at radius 1 is 1.00 bits per heavy atom. The number of hydrogen-bond donors (Lipinski definition) is 2. The Morgan fingerprint density at radius 2 is 1.61 bits per heavy atom. The number of carbonyl (C=O) groups is 1. The van der Waals surface area contributed by atoms with Gasteiger partial charge < -0.3 is 10.2 Å². The number of nitrogens with zero attached hydrogens (tertiary/aromatic N) is 2. The van der Waals surface area contributed by atoms with E-state index in [1.807, 2.05) is 4.90 Å². The first-order valence-electron chi connectivity index (χ1n) is 8.65. The van der Waals surface area contributed by atoms with E-state index < -0.39 is 12.0 Å². The number of hydrogen-bond acceptors (Lipinski definition) is 4. The number of benzene rings is 1. The summed E-state index contributed by atoms with van der Waals surface area (Å²) in [6, 6.07) is 6.61. The molecule has 0 aromatic heterocycles. The standard InChI is InChI=1S/C18H26N2O3/c21-16-8-6-14(7-9-16)17(18(22)23)20-12-10-19(11-13-20)15-4-2-1-3-5-15/h6-9,15,17,21H,1-5,10-13H2,(H,22,23). The number of piperazine rings is 1. The number of aromatic hydroxyl groups is 1. The second-order valence-corrected chi connectivity index (χ2v) is 6.70. The fourth-order valence-corrected chi connectivity index (χ4v) is 3.97. The third-order valence-corrected chi connectivity index (χ3v) is 5.25. The molecule has 23 heavy (non-hydrogen) atoms. The number of carboxylic acid groups (broad SMARTS) is 1. The lowest BCUT2D eigenvalue weighted by Gasteiger charge is -2.42. The van der Waals surface area contributed by atoms with Crippen molar-refractivity contribution < 1.29 is 15.0 Å². The van der Waals surface area contributed by atoms with Gasteiger partial charge in [0, 0.05) is 32.2 Å². The number of phenolic OH excluding ortho intramolecular Hbond substituents is 1. The minimum absolute atomic E-state index is 0.167. The summed E-state index contributed by atoms with van der Waals surface area (Å²) in [7, 11) is 0. The van der Waals surface area contributed by atoms with Crippen LogP contribution in [0.1, 0.15) is 43.7 Å². The smallest absolute Gasteiger partial charge is 0.325 e. The van der Waals surface area contributed by atoms with E-state index in [2.05, 4.69) is 4.90 Å². The van der Waals surface area contributed by atoms with Crippen LogP contribution in [0.2, 0.25) is 0 Å². The minimum atomic E-state index is -0.818. The first kappa shape index (κ1) is 16.3. The maximum Gasteiger partial charge on any atom is 0.325 e. The van der Waals surface area contributed by atoms with Crippen molar-refractivity contribution in [3.63, 3.8) is 0 Å². The van der Waals surface area contributed by atoms with Gasteiger partial charge in [-0.25, -0.2) is 0 Å². The fourth-order valence-electron chi connectivity index (χ4n) is 3.97. The zero-order valence-electron chi connectivity index (χ0n) is 13.5. The van der Waals surface area contributed by atoms with Gasteiger partial charge in [-0.05, 0) is 30.5 Å². The molecule has 2 N–H and O–H groups in total. The molecule has 1 aromatic rings. The highest BCUT2D eigenvalue weighted by Crippen LogP contribution is 2.27. The van der Waals surface area contributed by atoms with Gasteiger partial charge in [0.25, 0.3) is 0 Å². The van der Waals surface area contributed by atoms with Crippen molar-refractivity contribution in [3.8, 4) is 5.75 Å². The van der Waals surface area contributed by atoms with E-state index in [1.165, 1.54) is 32.1 Å². The molecule has 2 fully saturated rings. The van der Waals surface area contributed by atoms with E-state index >= 15 is 0 Å². The van der Waals surface area contributed by atoms with Crippen LogP contribution in [0.3, 0.4) is 0 Å². The van der Waals surface area contributed by atoms with Crippen molar-refractivity contribution in [2.24, 2.45) is 0 Å². The molecule has 1 saturated heterocycles. The molecule has 0 spiro atoms. The van der Waals surface area contributed by atoms with Crippen LogP contribution < -0.4 is 0 Å². The quantitative estimate of drug-likeness (QED) is 0.893. The topological polar surface area (TPSA) is 64.0 Å². The molecule has 1 aliphatic carbocycles. The lowest BCUT2D eigenvalue weighted by atomic mass is 9.93. The van der Waals surface area contributed by atoms with E-state index in [-0.39, 0.29) is 5.75 Å². The first-order chi connectivity index (χ1) is 11.1. The Balaban J connectivity index is 1.64. The molecule has 1 atom stereocenters. The Hall–Kier alpha value is -1.59. The number of rotatable bonds is 4. The summed E-state index contributed by atoms with van der Waals surface area (Å²) in [5.74, 6) is -0.651. The van der Waals surface area contributed by atoms with Gasteiger partial charge in [-0.3, -0.25) is 14.6 Å². The van der Waals surface area contributed by atoms with Gasteiger partial charge in [0.2, 0.25) is 0 Å². The molecular weight excluding hydrogens is 292 g/mol. The zero-order valence-corrected chi connectivity index (χ0v) is 13.5. The molecule has 5 heteroatoms. The van der Waals surface area contributed by atoms with Gasteiger partial charge in [0.15, 0.2) is 0 Å². The van der Waals surface area contributed by atoms with Gasteiger partial charge >= 0.3 is 5.97 Å². The summed E-state index contributed by atoms with van der Waals surface area (Å²) in [5.41, 5.74) is 0.737. The van der Waals surface area contributed by atoms with Crippen LogP contribution >= 0.6 is 0 Å². The van der Waals surface area contributed by atoms with Crippen LogP contribution in [0.25, 0.3) is 0 Å². The summed E-state index contributed by atoms with van der Waals surface area (Å²) < 4.78 is 0. The average molecular weight is 318 g/mol. The monoisotopic (exact) mass is 318 g/mol. The summed E-state index contributed by atoms with van der Waals surface area (Å²) >= 11 is 0. The van der Waals surface area contributed by atoms with Crippen LogP contribution in [0, 0.1) is 0 Å². The summed E-state index contributed by atoms with van der Waals surface area (Å²) in [6.45, 7) is 3.47. The van der Waals surface area contributed by atoms with Gasteiger partial charge in [-0.15, -0.1) is 0 Å². The largest absolute Gasteiger partial charge is 0.508 e. The molecule has 0 radical (unpaired) electrons. The predicted octanol–water partition coefficient (Wildman–Crippen LogP) is 2.47. The highest BCUT2D eigenvalue weighted by molar-refractivity contribution is 5.75. The summed E-state index contributed by atoms with van der Waals surface area (Å²) in [6.07, 6.45) is 6.60. The van der Waals surface area contributed by atoms with Gasteiger partial charge in [0.1, 0.15) is 11.8 Å². The Kier molecular flexibility index (Phi) is 5.18. The van der Waals surface area contributed by atoms with Crippen molar-refractivity contribution >= 4 is 5.97 Å². The normalized spacial score (nSPS) is 22.8. The molecule has 1 saturated carbocycles. The van der Waals surface area contributed by atoms with E-state index in [4.69, 9.17) is 0 Å².